The SMILES string of the molecule is COCCNC(=O)CN1CCN(C(=O)C(C)C(C)N)CC1.Cl.Cl. The second-order valence-corrected chi connectivity index (χ2v) is 5.59. The van der Waals surface area contributed by atoms with Crippen molar-refractivity contribution < 1.29 is 14.3 Å². The second-order valence-electron chi connectivity index (χ2n) is 5.59. The highest BCUT2D eigenvalue weighted by molar-refractivity contribution is 5.85. The van der Waals surface area contributed by atoms with Gasteiger partial charge in [0.25, 0.3) is 0 Å². The number of piperazine rings is 1. The van der Waals surface area contributed by atoms with Crippen molar-refractivity contribution in [2.24, 2.45) is 11.7 Å². The van der Waals surface area contributed by atoms with E-state index in [9.17, 15) is 9.59 Å². The van der Waals surface area contributed by atoms with Crippen LogP contribution in [0.1, 0.15) is 13.8 Å². The zero-order valence-corrected chi connectivity index (χ0v) is 15.8. The molecule has 0 aliphatic carbocycles. The van der Waals surface area contributed by atoms with Gasteiger partial charge in [0.05, 0.1) is 19.1 Å². The van der Waals surface area contributed by atoms with E-state index < -0.39 is 0 Å². The average Bonchev–Trinajstić information content (AvgIpc) is 2.46. The molecule has 0 aromatic carbocycles. The van der Waals surface area contributed by atoms with Crippen molar-refractivity contribution in [2.45, 2.75) is 19.9 Å². The minimum absolute atomic E-state index is 0. The summed E-state index contributed by atoms with van der Waals surface area (Å²) in [6, 6.07) is -0.137. The Kier molecular flexibility index (Phi) is 13.7. The Labute approximate surface area is 151 Å². The Hall–Kier alpha value is -0.600. The van der Waals surface area contributed by atoms with Gasteiger partial charge >= 0.3 is 0 Å². The lowest BCUT2D eigenvalue weighted by Crippen LogP contribution is -2.53. The first kappa shape index (κ1) is 24.6. The Morgan fingerprint density at radius 3 is 2.22 bits per heavy atom. The molecule has 0 saturated carbocycles. The van der Waals surface area contributed by atoms with Crippen LogP contribution in [0.5, 0.6) is 0 Å². The summed E-state index contributed by atoms with van der Waals surface area (Å²) >= 11 is 0. The summed E-state index contributed by atoms with van der Waals surface area (Å²) in [5.74, 6) is -0.0566. The van der Waals surface area contributed by atoms with Crippen molar-refractivity contribution in [3.8, 4) is 0 Å². The van der Waals surface area contributed by atoms with Crippen LogP contribution >= 0.6 is 24.8 Å². The maximum atomic E-state index is 12.2. The van der Waals surface area contributed by atoms with Gasteiger partial charge in [-0.25, -0.2) is 0 Å². The predicted octanol–water partition coefficient (Wildman–Crippen LogP) is -0.280. The molecule has 1 saturated heterocycles. The van der Waals surface area contributed by atoms with E-state index in [1.165, 1.54) is 0 Å². The average molecular weight is 373 g/mol. The zero-order chi connectivity index (χ0) is 15.8. The van der Waals surface area contributed by atoms with E-state index in [1.54, 1.807) is 7.11 Å². The predicted molar refractivity (Wildman–Crippen MR) is 95.2 cm³/mol. The minimum atomic E-state index is -0.158. The van der Waals surface area contributed by atoms with Crippen molar-refractivity contribution in [3.05, 3.63) is 0 Å². The molecule has 0 spiro atoms. The molecule has 1 heterocycles. The third-order valence-corrected chi connectivity index (χ3v) is 3.86. The number of ether oxygens (including phenoxy) is 1. The van der Waals surface area contributed by atoms with E-state index in [0.717, 1.165) is 13.1 Å². The summed E-state index contributed by atoms with van der Waals surface area (Å²) < 4.78 is 4.88. The largest absolute Gasteiger partial charge is 0.383 e. The molecule has 0 radical (unpaired) electrons. The first-order valence-corrected chi connectivity index (χ1v) is 7.48. The van der Waals surface area contributed by atoms with Crippen LogP contribution in [-0.4, -0.2) is 80.6 Å². The number of hydrogen-bond donors (Lipinski definition) is 2. The van der Waals surface area contributed by atoms with Gasteiger partial charge in [0.2, 0.25) is 11.8 Å². The van der Waals surface area contributed by atoms with Gasteiger partial charge in [-0.3, -0.25) is 14.5 Å². The van der Waals surface area contributed by atoms with E-state index in [1.807, 2.05) is 18.7 Å². The first-order chi connectivity index (χ1) is 9.95. The van der Waals surface area contributed by atoms with Gasteiger partial charge in [-0.2, -0.15) is 0 Å². The maximum Gasteiger partial charge on any atom is 0.234 e. The van der Waals surface area contributed by atoms with Gasteiger partial charge in [-0.15, -0.1) is 24.8 Å². The van der Waals surface area contributed by atoms with Crippen molar-refractivity contribution >= 4 is 36.6 Å². The summed E-state index contributed by atoms with van der Waals surface area (Å²) in [5, 5.41) is 2.80. The maximum absolute atomic E-state index is 12.2. The van der Waals surface area contributed by atoms with Crippen molar-refractivity contribution in [3.63, 3.8) is 0 Å². The summed E-state index contributed by atoms with van der Waals surface area (Å²) in [4.78, 5) is 27.8. The quantitative estimate of drug-likeness (QED) is 0.600. The summed E-state index contributed by atoms with van der Waals surface area (Å²) in [6.45, 7) is 7.87. The van der Waals surface area contributed by atoms with Crippen LogP contribution in [0.25, 0.3) is 0 Å². The Morgan fingerprint density at radius 1 is 1.17 bits per heavy atom. The molecule has 0 aromatic rings. The van der Waals surface area contributed by atoms with E-state index in [0.29, 0.717) is 32.8 Å². The molecule has 23 heavy (non-hydrogen) atoms. The topological polar surface area (TPSA) is 87.9 Å². The van der Waals surface area contributed by atoms with Gasteiger partial charge < -0.3 is 20.7 Å². The molecule has 0 bridgehead atoms. The first-order valence-electron chi connectivity index (χ1n) is 7.48. The molecule has 1 aliphatic heterocycles. The fourth-order valence-electron chi connectivity index (χ4n) is 2.19. The molecular formula is C14H30Cl2N4O3. The van der Waals surface area contributed by atoms with E-state index >= 15 is 0 Å². The fraction of sp³-hybridized carbons (Fsp3) is 0.857. The Bertz CT molecular complexity index is 351. The lowest BCUT2D eigenvalue weighted by atomic mass is 10.0. The molecule has 2 atom stereocenters. The van der Waals surface area contributed by atoms with E-state index in [2.05, 4.69) is 10.2 Å². The van der Waals surface area contributed by atoms with Crippen LogP contribution < -0.4 is 11.1 Å². The molecule has 2 unspecified atom stereocenters. The van der Waals surface area contributed by atoms with Crippen molar-refractivity contribution in [1.29, 1.82) is 0 Å². The molecule has 0 aromatic heterocycles. The molecular weight excluding hydrogens is 343 g/mol. The van der Waals surface area contributed by atoms with Crippen LogP contribution in [0.2, 0.25) is 0 Å². The van der Waals surface area contributed by atoms with Crippen LogP contribution in [0, 0.1) is 5.92 Å². The molecule has 1 rings (SSSR count). The van der Waals surface area contributed by atoms with Crippen LogP contribution in [0.3, 0.4) is 0 Å². The summed E-state index contributed by atoms with van der Waals surface area (Å²) in [6.07, 6.45) is 0. The van der Waals surface area contributed by atoms with Gasteiger partial charge in [0.1, 0.15) is 0 Å². The molecule has 2 amide bonds. The van der Waals surface area contributed by atoms with E-state index in [4.69, 9.17) is 10.5 Å². The number of amides is 2. The molecule has 9 heteroatoms. The molecule has 3 N–H and O–H groups in total. The standard InChI is InChI=1S/C14H28N4O3.2ClH/c1-11(12(2)15)14(20)18-7-5-17(6-8-18)10-13(19)16-4-9-21-3;;/h11-12H,4-10,15H2,1-3H3,(H,16,19);2*1H. The number of nitrogens with two attached hydrogens (primary N) is 1. The zero-order valence-electron chi connectivity index (χ0n) is 14.1. The number of rotatable bonds is 7. The number of hydrogen-bond acceptors (Lipinski definition) is 5. The molecule has 138 valence electrons. The lowest BCUT2D eigenvalue weighted by molar-refractivity contribution is -0.137. The van der Waals surface area contributed by atoms with Gasteiger partial charge in [-0.1, -0.05) is 6.92 Å². The van der Waals surface area contributed by atoms with Crippen LogP contribution in [0.15, 0.2) is 0 Å². The fourth-order valence-corrected chi connectivity index (χ4v) is 2.19. The Morgan fingerprint density at radius 2 is 1.74 bits per heavy atom. The molecule has 7 nitrogen and oxygen atoms in total. The number of halogens is 2. The minimum Gasteiger partial charge on any atom is -0.383 e. The number of methoxy groups -OCH3 is 1. The van der Waals surface area contributed by atoms with Gasteiger partial charge in [0.15, 0.2) is 0 Å². The molecule has 1 fully saturated rings. The van der Waals surface area contributed by atoms with Crippen LogP contribution in [-0.2, 0) is 14.3 Å². The van der Waals surface area contributed by atoms with Crippen LogP contribution in [0.4, 0.5) is 0 Å². The number of nitrogens with zero attached hydrogens (tertiary/aromatic N) is 2. The highest BCUT2D eigenvalue weighted by Crippen LogP contribution is 2.09. The normalized spacial score (nSPS) is 17.5. The highest BCUT2D eigenvalue weighted by atomic mass is 35.5. The molecule has 1 aliphatic rings. The highest BCUT2D eigenvalue weighted by Gasteiger charge is 2.27. The summed E-state index contributed by atoms with van der Waals surface area (Å²) in [5.41, 5.74) is 5.77. The lowest BCUT2D eigenvalue weighted by Gasteiger charge is -2.36. The number of nitrogens with one attached hydrogen (secondary N) is 1. The van der Waals surface area contributed by atoms with Crippen molar-refractivity contribution in [2.75, 3.05) is 53.0 Å². The third-order valence-electron chi connectivity index (χ3n) is 3.86. The van der Waals surface area contributed by atoms with Gasteiger partial charge in [0, 0.05) is 45.9 Å². The number of carbonyl (C=O) groups excluding carboxylic acids is 2. The van der Waals surface area contributed by atoms with Gasteiger partial charge in [-0.05, 0) is 6.92 Å². The third kappa shape index (κ3) is 8.72. The smallest absolute Gasteiger partial charge is 0.234 e. The number of carbonyl (C=O) groups is 2. The van der Waals surface area contributed by atoms with Crippen molar-refractivity contribution in [1.82, 2.24) is 15.1 Å². The second kappa shape index (κ2) is 12.8. The van der Waals surface area contributed by atoms with E-state index in [-0.39, 0.29) is 48.6 Å². The monoisotopic (exact) mass is 372 g/mol. The Balaban J connectivity index is 0. The summed E-state index contributed by atoms with van der Waals surface area (Å²) in [7, 11) is 1.60.